The molecule has 1 aromatic rings. The number of carbonyl (C=O) groups excluding carboxylic acids is 1. The van der Waals surface area contributed by atoms with E-state index in [1.165, 1.54) is 0 Å². The molecular formula is C20H28F3N3O6. The topological polar surface area (TPSA) is 105 Å². The lowest BCUT2D eigenvalue weighted by molar-refractivity contribution is -0.200. The van der Waals surface area contributed by atoms with Gasteiger partial charge in [0.2, 0.25) is 5.91 Å². The predicted octanol–water partition coefficient (Wildman–Crippen LogP) is 1.99. The molecule has 12 heteroatoms. The molecule has 1 aromatic heterocycles. The summed E-state index contributed by atoms with van der Waals surface area (Å²) in [5.41, 5.74) is 0.852. The number of rotatable bonds is 5. The summed E-state index contributed by atoms with van der Waals surface area (Å²) in [4.78, 5) is 25.3. The quantitative estimate of drug-likeness (QED) is 0.707. The van der Waals surface area contributed by atoms with Gasteiger partial charge in [0.15, 0.2) is 0 Å². The number of aliphatic carboxylic acids is 1. The van der Waals surface area contributed by atoms with Crippen molar-refractivity contribution in [3.8, 4) is 0 Å². The molecule has 4 heterocycles. The first-order valence-corrected chi connectivity index (χ1v) is 10.5. The third-order valence-electron chi connectivity index (χ3n) is 5.68. The molecule has 3 aliphatic heterocycles. The summed E-state index contributed by atoms with van der Waals surface area (Å²) in [6.45, 7) is 7.16. The lowest BCUT2D eigenvalue weighted by Gasteiger charge is -2.53. The molecule has 4 rings (SSSR count). The molecule has 1 atom stereocenters. The number of halogens is 3. The molecule has 3 aliphatic rings. The highest BCUT2D eigenvalue weighted by molar-refractivity contribution is 5.77. The average Bonchev–Trinajstić information content (AvgIpc) is 3.37. The Morgan fingerprint density at radius 1 is 1.31 bits per heavy atom. The summed E-state index contributed by atoms with van der Waals surface area (Å²) in [7, 11) is 0. The van der Waals surface area contributed by atoms with Crippen molar-refractivity contribution in [3.63, 3.8) is 0 Å². The molecule has 0 aromatic carbocycles. The Labute approximate surface area is 183 Å². The van der Waals surface area contributed by atoms with Crippen LogP contribution >= 0.6 is 0 Å². The van der Waals surface area contributed by atoms with Crippen LogP contribution in [0.2, 0.25) is 0 Å². The molecular weight excluding hydrogens is 435 g/mol. The maximum atomic E-state index is 12.1. The van der Waals surface area contributed by atoms with Gasteiger partial charge in [0, 0.05) is 51.8 Å². The fourth-order valence-corrected chi connectivity index (χ4v) is 4.19. The van der Waals surface area contributed by atoms with Gasteiger partial charge in [-0.25, -0.2) is 4.79 Å². The number of amides is 1. The van der Waals surface area contributed by atoms with Gasteiger partial charge in [-0.2, -0.15) is 13.2 Å². The average molecular weight is 463 g/mol. The van der Waals surface area contributed by atoms with E-state index < -0.39 is 12.1 Å². The number of aryl methyl sites for hydroxylation is 1. The number of nitrogens with zero attached hydrogens (tertiary/aromatic N) is 3. The lowest BCUT2D eigenvalue weighted by Crippen LogP contribution is -2.65. The molecule has 0 saturated carbocycles. The maximum Gasteiger partial charge on any atom is 0.490 e. The van der Waals surface area contributed by atoms with Gasteiger partial charge in [0.05, 0.1) is 17.4 Å². The monoisotopic (exact) mass is 463 g/mol. The standard InChI is InChI=1S/C18H27N3O4.C2HF3O2/c1-14-8-15(19-25-14)10-20-12-18(13-20)9-16(4-7-24-18)23-11-17(22)21-5-2-3-6-21;3-2(4,5)1(6)7/h8,16H,2-7,9-13H2,1H3;(H,6,7). The summed E-state index contributed by atoms with van der Waals surface area (Å²) >= 11 is 0. The molecule has 1 spiro atoms. The van der Waals surface area contributed by atoms with E-state index in [1.54, 1.807) is 0 Å². The van der Waals surface area contributed by atoms with Crippen LogP contribution in [0.15, 0.2) is 10.6 Å². The number of likely N-dealkylation sites (tertiary alicyclic amines) is 2. The van der Waals surface area contributed by atoms with Crippen molar-refractivity contribution in [2.45, 2.75) is 57.0 Å². The van der Waals surface area contributed by atoms with Crippen molar-refractivity contribution < 1.29 is 41.9 Å². The predicted molar refractivity (Wildman–Crippen MR) is 104 cm³/mol. The van der Waals surface area contributed by atoms with Crippen LogP contribution in [0.5, 0.6) is 0 Å². The summed E-state index contributed by atoms with van der Waals surface area (Å²) < 4.78 is 48.8. The molecule has 0 aliphatic carbocycles. The number of carboxylic acid groups (broad SMARTS) is 1. The molecule has 3 fully saturated rings. The van der Waals surface area contributed by atoms with Crippen molar-refractivity contribution in [2.75, 3.05) is 39.4 Å². The van der Waals surface area contributed by atoms with Crippen LogP contribution in [0.4, 0.5) is 13.2 Å². The number of aromatic nitrogens is 1. The zero-order chi connectivity index (χ0) is 23.4. The second-order valence-electron chi connectivity index (χ2n) is 8.42. The Morgan fingerprint density at radius 3 is 2.53 bits per heavy atom. The molecule has 180 valence electrons. The SMILES string of the molecule is Cc1cc(CN2CC3(CC(OCC(=O)N4CCCC4)CCO3)C2)no1.O=C(O)C(F)(F)F. The van der Waals surface area contributed by atoms with E-state index in [0.717, 1.165) is 69.9 Å². The van der Waals surface area contributed by atoms with Gasteiger partial charge in [0.25, 0.3) is 0 Å². The fraction of sp³-hybridized carbons (Fsp3) is 0.750. The van der Waals surface area contributed by atoms with Crippen molar-refractivity contribution in [1.29, 1.82) is 0 Å². The first-order valence-electron chi connectivity index (χ1n) is 10.5. The minimum absolute atomic E-state index is 0.113. The zero-order valence-electron chi connectivity index (χ0n) is 17.9. The minimum Gasteiger partial charge on any atom is -0.475 e. The Bertz CT molecular complexity index is 788. The van der Waals surface area contributed by atoms with Crippen molar-refractivity contribution in [1.82, 2.24) is 15.0 Å². The van der Waals surface area contributed by atoms with Gasteiger partial charge in [-0.3, -0.25) is 9.69 Å². The highest BCUT2D eigenvalue weighted by atomic mass is 19.4. The Hall–Kier alpha value is -2.18. The summed E-state index contributed by atoms with van der Waals surface area (Å²) in [6, 6.07) is 1.97. The Kier molecular flexibility index (Phi) is 7.78. The first kappa shape index (κ1) is 24.5. The van der Waals surface area contributed by atoms with Crippen molar-refractivity contribution in [2.24, 2.45) is 0 Å². The van der Waals surface area contributed by atoms with E-state index in [-0.39, 0.29) is 24.2 Å². The van der Waals surface area contributed by atoms with Crippen LogP contribution in [0.1, 0.15) is 37.1 Å². The lowest BCUT2D eigenvalue weighted by atomic mass is 9.84. The van der Waals surface area contributed by atoms with Gasteiger partial charge in [-0.15, -0.1) is 0 Å². The van der Waals surface area contributed by atoms with Crippen LogP contribution in [0, 0.1) is 6.92 Å². The van der Waals surface area contributed by atoms with E-state index in [9.17, 15) is 18.0 Å². The molecule has 0 bridgehead atoms. The molecule has 3 saturated heterocycles. The molecule has 9 nitrogen and oxygen atoms in total. The van der Waals surface area contributed by atoms with Crippen molar-refractivity contribution >= 4 is 11.9 Å². The molecule has 1 N–H and O–H groups in total. The molecule has 1 unspecified atom stereocenters. The summed E-state index contributed by atoms with van der Waals surface area (Å²) in [6.07, 6.45) is -0.983. The number of carboxylic acids is 1. The van der Waals surface area contributed by atoms with E-state index in [4.69, 9.17) is 23.9 Å². The van der Waals surface area contributed by atoms with Gasteiger partial charge in [-0.05, 0) is 26.2 Å². The van der Waals surface area contributed by atoms with E-state index >= 15 is 0 Å². The zero-order valence-corrected chi connectivity index (χ0v) is 17.9. The van der Waals surface area contributed by atoms with Crippen LogP contribution in [-0.2, 0) is 25.6 Å². The number of hydrogen-bond acceptors (Lipinski definition) is 7. The largest absolute Gasteiger partial charge is 0.490 e. The van der Waals surface area contributed by atoms with Gasteiger partial charge in [-0.1, -0.05) is 5.16 Å². The second-order valence-corrected chi connectivity index (χ2v) is 8.42. The van der Waals surface area contributed by atoms with E-state index in [0.29, 0.717) is 6.61 Å². The number of alkyl halides is 3. The van der Waals surface area contributed by atoms with Gasteiger partial charge in [0.1, 0.15) is 12.4 Å². The fourth-order valence-electron chi connectivity index (χ4n) is 4.19. The number of carbonyl (C=O) groups is 2. The van der Waals surface area contributed by atoms with Crippen molar-refractivity contribution in [3.05, 3.63) is 17.5 Å². The Morgan fingerprint density at radius 2 is 1.97 bits per heavy atom. The molecule has 1 amide bonds. The first-order chi connectivity index (χ1) is 15.1. The summed E-state index contributed by atoms with van der Waals surface area (Å²) in [5, 5.41) is 11.2. The van der Waals surface area contributed by atoms with Gasteiger partial charge >= 0.3 is 12.1 Å². The highest BCUT2D eigenvalue weighted by Gasteiger charge is 2.48. The second kappa shape index (κ2) is 10.2. The van der Waals surface area contributed by atoms with Crippen LogP contribution in [0.25, 0.3) is 0 Å². The van der Waals surface area contributed by atoms with Gasteiger partial charge < -0.3 is 24.0 Å². The third-order valence-corrected chi connectivity index (χ3v) is 5.68. The summed E-state index contributed by atoms with van der Waals surface area (Å²) in [5.74, 6) is -1.78. The van der Waals surface area contributed by atoms with Crippen LogP contribution in [0.3, 0.4) is 0 Å². The molecule has 0 radical (unpaired) electrons. The highest BCUT2D eigenvalue weighted by Crippen LogP contribution is 2.36. The Balaban J connectivity index is 0.000000360. The third kappa shape index (κ3) is 6.66. The smallest absolute Gasteiger partial charge is 0.475 e. The minimum atomic E-state index is -5.08. The number of hydrogen-bond donors (Lipinski definition) is 1. The van der Waals surface area contributed by atoms with Crippen LogP contribution in [-0.4, -0.2) is 89.2 Å². The van der Waals surface area contributed by atoms with Crippen LogP contribution < -0.4 is 0 Å². The molecule has 32 heavy (non-hydrogen) atoms. The maximum absolute atomic E-state index is 12.1. The number of ether oxygens (including phenoxy) is 2. The van der Waals surface area contributed by atoms with E-state index in [2.05, 4.69) is 10.1 Å². The van der Waals surface area contributed by atoms with E-state index in [1.807, 2.05) is 17.9 Å². The normalized spacial score (nSPS) is 22.9.